The Hall–Kier alpha value is -0.700. The van der Waals surface area contributed by atoms with Crippen LogP contribution in [0, 0.1) is 0 Å². The van der Waals surface area contributed by atoms with Gasteiger partial charge in [0.15, 0.2) is 0 Å². The predicted octanol–water partition coefficient (Wildman–Crippen LogP) is 0.533. The average molecular weight is 157 g/mol. The molecule has 0 aliphatic carbocycles. The molecule has 0 aliphatic rings. The van der Waals surface area contributed by atoms with Gasteiger partial charge in [-0.3, -0.25) is 9.59 Å². The Bertz CT molecular complexity index is 154. The number of rotatable bonds is 5. The number of hydrogen-bond donors (Lipinski definition) is 1. The molecule has 0 rings (SSSR count). The van der Waals surface area contributed by atoms with Crippen LogP contribution in [-0.4, -0.2) is 24.2 Å². The summed E-state index contributed by atoms with van der Waals surface area (Å²) in [5, 5.41) is 2.94. The molecule has 0 amide bonds. The Labute approximate surface area is 67.2 Å². The number of hydrogen-bond acceptors (Lipinski definition) is 3. The van der Waals surface area contributed by atoms with Crippen LogP contribution >= 0.6 is 0 Å². The molecule has 0 fully saturated rings. The standard InChI is InChI=1S/C8H15NO2/c1-6(10)4-5-9-7(2)8(3)11/h7,9H,4-5H2,1-3H3/t7-/m0/s1. The van der Waals surface area contributed by atoms with Crippen LogP contribution in [0.1, 0.15) is 27.2 Å². The van der Waals surface area contributed by atoms with E-state index < -0.39 is 0 Å². The number of carbonyl (C=O) groups is 2. The monoisotopic (exact) mass is 157 g/mol. The summed E-state index contributed by atoms with van der Waals surface area (Å²) in [5.41, 5.74) is 0. The normalized spacial score (nSPS) is 12.6. The van der Waals surface area contributed by atoms with Crippen LogP contribution < -0.4 is 5.32 Å². The van der Waals surface area contributed by atoms with Crippen molar-refractivity contribution in [2.24, 2.45) is 0 Å². The summed E-state index contributed by atoms with van der Waals surface area (Å²) < 4.78 is 0. The maximum Gasteiger partial charge on any atom is 0.146 e. The maximum atomic E-state index is 10.7. The fourth-order valence-electron chi connectivity index (χ4n) is 0.608. The van der Waals surface area contributed by atoms with Gasteiger partial charge in [-0.15, -0.1) is 0 Å². The highest BCUT2D eigenvalue weighted by Crippen LogP contribution is 1.85. The maximum absolute atomic E-state index is 10.7. The van der Waals surface area contributed by atoms with Gasteiger partial charge in [-0.05, 0) is 20.8 Å². The lowest BCUT2D eigenvalue weighted by molar-refractivity contribution is -0.119. The Balaban J connectivity index is 3.39. The van der Waals surface area contributed by atoms with E-state index in [9.17, 15) is 9.59 Å². The third kappa shape index (κ3) is 5.73. The first-order valence-corrected chi connectivity index (χ1v) is 3.77. The van der Waals surface area contributed by atoms with E-state index >= 15 is 0 Å². The molecule has 0 aromatic rings. The van der Waals surface area contributed by atoms with Crippen molar-refractivity contribution in [2.45, 2.75) is 33.2 Å². The van der Waals surface area contributed by atoms with Crippen molar-refractivity contribution in [3.8, 4) is 0 Å². The molecule has 3 nitrogen and oxygen atoms in total. The van der Waals surface area contributed by atoms with Crippen molar-refractivity contribution >= 4 is 11.6 Å². The van der Waals surface area contributed by atoms with Gasteiger partial charge in [0.05, 0.1) is 6.04 Å². The highest BCUT2D eigenvalue weighted by atomic mass is 16.1. The summed E-state index contributed by atoms with van der Waals surface area (Å²) in [4.78, 5) is 21.1. The third-order valence-electron chi connectivity index (χ3n) is 1.54. The minimum Gasteiger partial charge on any atom is -0.307 e. The Kier molecular flexibility index (Phi) is 4.70. The van der Waals surface area contributed by atoms with Gasteiger partial charge in [-0.2, -0.15) is 0 Å². The summed E-state index contributed by atoms with van der Waals surface area (Å²) in [7, 11) is 0. The van der Waals surface area contributed by atoms with E-state index in [0.29, 0.717) is 13.0 Å². The van der Waals surface area contributed by atoms with Crippen LogP contribution in [0.3, 0.4) is 0 Å². The van der Waals surface area contributed by atoms with Crippen LogP contribution in [0.15, 0.2) is 0 Å². The molecule has 0 unspecified atom stereocenters. The molecule has 0 aliphatic heterocycles. The van der Waals surface area contributed by atoms with E-state index in [4.69, 9.17) is 0 Å². The smallest absolute Gasteiger partial charge is 0.146 e. The summed E-state index contributed by atoms with van der Waals surface area (Å²) in [6, 6.07) is -0.130. The Morgan fingerprint density at radius 2 is 1.91 bits per heavy atom. The second-order valence-corrected chi connectivity index (χ2v) is 2.74. The topological polar surface area (TPSA) is 46.2 Å². The van der Waals surface area contributed by atoms with Gasteiger partial charge in [0.25, 0.3) is 0 Å². The van der Waals surface area contributed by atoms with Crippen LogP contribution in [-0.2, 0) is 9.59 Å². The highest BCUT2D eigenvalue weighted by Gasteiger charge is 2.05. The van der Waals surface area contributed by atoms with E-state index in [1.807, 2.05) is 0 Å². The van der Waals surface area contributed by atoms with Crippen molar-refractivity contribution in [3.63, 3.8) is 0 Å². The van der Waals surface area contributed by atoms with Crippen LogP contribution in [0.2, 0.25) is 0 Å². The first-order chi connectivity index (χ1) is 5.04. The van der Waals surface area contributed by atoms with Crippen molar-refractivity contribution in [2.75, 3.05) is 6.54 Å². The average Bonchev–Trinajstić information content (AvgIpc) is 1.86. The zero-order chi connectivity index (χ0) is 8.85. The molecule has 11 heavy (non-hydrogen) atoms. The first kappa shape index (κ1) is 10.3. The first-order valence-electron chi connectivity index (χ1n) is 3.77. The molecule has 0 spiro atoms. The van der Waals surface area contributed by atoms with E-state index in [-0.39, 0.29) is 17.6 Å². The van der Waals surface area contributed by atoms with Crippen LogP contribution in [0.4, 0.5) is 0 Å². The van der Waals surface area contributed by atoms with Crippen molar-refractivity contribution in [1.82, 2.24) is 5.32 Å². The predicted molar refractivity (Wildman–Crippen MR) is 43.4 cm³/mol. The van der Waals surface area contributed by atoms with Gasteiger partial charge < -0.3 is 5.32 Å². The van der Waals surface area contributed by atoms with E-state index in [1.54, 1.807) is 13.8 Å². The highest BCUT2D eigenvalue weighted by molar-refractivity contribution is 5.81. The molecule has 0 aromatic heterocycles. The molecule has 64 valence electrons. The second kappa shape index (κ2) is 5.02. The fourth-order valence-corrected chi connectivity index (χ4v) is 0.608. The van der Waals surface area contributed by atoms with Gasteiger partial charge >= 0.3 is 0 Å². The van der Waals surface area contributed by atoms with Crippen LogP contribution in [0.25, 0.3) is 0 Å². The molecule has 0 saturated heterocycles. The largest absolute Gasteiger partial charge is 0.307 e. The SMILES string of the molecule is CC(=O)CCN[C@@H](C)C(C)=O. The van der Waals surface area contributed by atoms with Crippen molar-refractivity contribution < 1.29 is 9.59 Å². The summed E-state index contributed by atoms with van der Waals surface area (Å²) in [6.07, 6.45) is 0.498. The third-order valence-corrected chi connectivity index (χ3v) is 1.54. The molecule has 0 bridgehead atoms. The lowest BCUT2D eigenvalue weighted by Crippen LogP contribution is -2.33. The quantitative estimate of drug-likeness (QED) is 0.633. The summed E-state index contributed by atoms with van der Waals surface area (Å²) in [6.45, 7) is 5.46. The number of ketones is 2. The second-order valence-electron chi connectivity index (χ2n) is 2.74. The van der Waals surface area contributed by atoms with Gasteiger partial charge in [0.1, 0.15) is 11.6 Å². The van der Waals surface area contributed by atoms with E-state index in [2.05, 4.69) is 5.32 Å². The molecule has 1 N–H and O–H groups in total. The fraction of sp³-hybridized carbons (Fsp3) is 0.750. The van der Waals surface area contributed by atoms with Crippen LogP contribution in [0.5, 0.6) is 0 Å². The van der Waals surface area contributed by atoms with Gasteiger partial charge in [-0.25, -0.2) is 0 Å². The molecule has 3 heteroatoms. The minimum absolute atomic E-state index is 0.105. The molecular formula is C8H15NO2. The molecule has 0 radical (unpaired) electrons. The molecule has 1 atom stereocenters. The van der Waals surface area contributed by atoms with Crippen molar-refractivity contribution in [3.05, 3.63) is 0 Å². The minimum atomic E-state index is -0.130. The molecular weight excluding hydrogens is 142 g/mol. The van der Waals surface area contributed by atoms with E-state index in [0.717, 1.165) is 0 Å². The number of nitrogens with one attached hydrogen (secondary N) is 1. The van der Waals surface area contributed by atoms with Gasteiger partial charge in [0, 0.05) is 13.0 Å². The molecule has 0 heterocycles. The lowest BCUT2D eigenvalue weighted by atomic mass is 10.2. The van der Waals surface area contributed by atoms with Gasteiger partial charge in [-0.1, -0.05) is 0 Å². The van der Waals surface area contributed by atoms with E-state index in [1.165, 1.54) is 6.92 Å². The zero-order valence-electron chi connectivity index (χ0n) is 7.31. The van der Waals surface area contributed by atoms with Crippen molar-refractivity contribution in [1.29, 1.82) is 0 Å². The number of Topliss-reactive ketones (excluding diaryl/α,β-unsaturated/α-hetero) is 2. The molecule has 0 aromatic carbocycles. The molecule has 0 saturated carbocycles. The Morgan fingerprint density at radius 1 is 1.36 bits per heavy atom. The van der Waals surface area contributed by atoms with Gasteiger partial charge in [0.2, 0.25) is 0 Å². The lowest BCUT2D eigenvalue weighted by Gasteiger charge is -2.08. The Morgan fingerprint density at radius 3 is 2.27 bits per heavy atom. The summed E-state index contributed by atoms with van der Waals surface area (Å²) in [5.74, 6) is 0.252. The number of carbonyl (C=O) groups excluding carboxylic acids is 2. The zero-order valence-corrected chi connectivity index (χ0v) is 7.31. The summed E-state index contributed by atoms with van der Waals surface area (Å²) >= 11 is 0.